The van der Waals surface area contributed by atoms with Crippen molar-refractivity contribution < 1.29 is 4.79 Å². The molecule has 1 aliphatic heterocycles. The van der Waals surface area contributed by atoms with E-state index in [9.17, 15) is 4.79 Å². The maximum absolute atomic E-state index is 12.2. The monoisotopic (exact) mass is 266 g/mol. The van der Waals surface area contributed by atoms with E-state index in [0.29, 0.717) is 24.4 Å². The zero-order chi connectivity index (χ0) is 13.1. The second-order valence-corrected chi connectivity index (χ2v) is 6.27. The first kappa shape index (κ1) is 13.6. The Kier molecular flexibility index (Phi) is 4.40. The highest BCUT2D eigenvalue weighted by molar-refractivity contribution is 7.09. The van der Waals surface area contributed by atoms with Crippen LogP contribution >= 0.6 is 11.3 Å². The van der Waals surface area contributed by atoms with Gasteiger partial charge in [0.05, 0.1) is 0 Å². The molecule has 1 amide bonds. The number of hydrogen-bond donors (Lipinski definition) is 0. The molecule has 0 spiro atoms. The molecule has 2 atom stereocenters. The van der Waals surface area contributed by atoms with Crippen LogP contribution in [0.4, 0.5) is 0 Å². The van der Waals surface area contributed by atoms with Crippen LogP contribution in [0.2, 0.25) is 0 Å². The smallest absolute Gasteiger partial charge is 0.223 e. The molecular formula is C14H22N2OS. The van der Waals surface area contributed by atoms with E-state index in [4.69, 9.17) is 0 Å². The van der Waals surface area contributed by atoms with E-state index in [2.05, 4.69) is 37.2 Å². The molecule has 1 aromatic heterocycles. The first-order chi connectivity index (χ1) is 8.58. The molecule has 2 unspecified atom stereocenters. The number of aryl methyl sites for hydroxylation is 1. The number of hydrogen-bond acceptors (Lipinski definition) is 3. The Balaban J connectivity index is 1.85. The first-order valence-electron chi connectivity index (χ1n) is 6.60. The number of carbonyl (C=O) groups is 1. The number of likely N-dealkylation sites (N-methyl/N-ethyl adjacent to an activating group) is 1. The summed E-state index contributed by atoms with van der Waals surface area (Å²) < 4.78 is 0. The van der Waals surface area contributed by atoms with E-state index >= 15 is 0 Å². The van der Waals surface area contributed by atoms with Crippen LogP contribution in [0.5, 0.6) is 0 Å². The van der Waals surface area contributed by atoms with Crippen molar-refractivity contribution in [2.45, 2.75) is 38.8 Å². The average Bonchev–Trinajstić information content (AvgIpc) is 2.85. The van der Waals surface area contributed by atoms with Crippen molar-refractivity contribution in [2.24, 2.45) is 0 Å². The molecule has 100 valence electrons. The number of nitrogens with zero attached hydrogens (tertiary/aromatic N) is 2. The normalized spacial score (nSPS) is 25.4. The molecule has 1 aliphatic rings. The van der Waals surface area contributed by atoms with Gasteiger partial charge in [0.2, 0.25) is 5.91 Å². The summed E-state index contributed by atoms with van der Waals surface area (Å²) in [6.45, 7) is 6.11. The molecular weight excluding hydrogens is 244 g/mol. The third-order valence-corrected chi connectivity index (χ3v) is 4.81. The van der Waals surface area contributed by atoms with Gasteiger partial charge in [-0.1, -0.05) is 6.07 Å². The van der Waals surface area contributed by atoms with Gasteiger partial charge in [-0.15, -0.1) is 11.3 Å². The Morgan fingerprint density at radius 1 is 1.39 bits per heavy atom. The predicted molar refractivity (Wildman–Crippen MR) is 75.9 cm³/mol. The van der Waals surface area contributed by atoms with E-state index in [1.54, 1.807) is 11.3 Å². The lowest BCUT2D eigenvalue weighted by atomic mass is 10.1. The zero-order valence-corrected chi connectivity index (χ0v) is 12.2. The van der Waals surface area contributed by atoms with Crippen molar-refractivity contribution >= 4 is 17.2 Å². The third-order valence-electron chi connectivity index (χ3n) is 3.88. The van der Waals surface area contributed by atoms with E-state index in [-0.39, 0.29) is 0 Å². The van der Waals surface area contributed by atoms with Gasteiger partial charge in [0.15, 0.2) is 0 Å². The van der Waals surface area contributed by atoms with Gasteiger partial charge >= 0.3 is 0 Å². The van der Waals surface area contributed by atoms with Crippen molar-refractivity contribution in [3.8, 4) is 0 Å². The fourth-order valence-electron chi connectivity index (χ4n) is 2.45. The van der Waals surface area contributed by atoms with Crippen molar-refractivity contribution in [1.82, 2.24) is 9.80 Å². The van der Waals surface area contributed by atoms with Gasteiger partial charge in [0.1, 0.15) is 0 Å². The van der Waals surface area contributed by atoms with Crippen LogP contribution < -0.4 is 0 Å². The molecule has 0 aliphatic carbocycles. The van der Waals surface area contributed by atoms with Crippen molar-refractivity contribution in [3.63, 3.8) is 0 Å². The molecule has 2 rings (SSSR count). The van der Waals surface area contributed by atoms with Crippen molar-refractivity contribution in [3.05, 3.63) is 22.4 Å². The lowest BCUT2D eigenvalue weighted by Gasteiger charge is -2.42. The van der Waals surface area contributed by atoms with Crippen LogP contribution in [-0.4, -0.2) is 47.9 Å². The minimum atomic E-state index is 0.301. The first-order valence-corrected chi connectivity index (χ1v) is 7.48. The molecule has 3 nitrogen and oxygen atoms in total. The topological polar surface area (TPSA) is 23.6 Å². The fraction of sp³-hybridized carbons (Fsp3) is 0.643. The summed E-state index contributed by atoms with van der Waals surface area (Å²) in [5.41, 5.74) is 0. The minimum Gasteiger partial charge on any atom is -0.340 e. The Morgan fingerprint density at radius 2 is 2.06 bits per heavy atom. The third kappa shape index (κ3) is 3.12. The maximum Gasteiger partial charge on any atom is 0.223 e. The molecule has 1 fully saturated rings. The van der Waals surface area contributed by atoms with Gasteiger partial charge in [-0.3, -0.25) is 9.69 Å². The summed E-state index contributed by atoms with van der Waals surface area (Å²) in [4.78, 5) is 17.9. The van der Waals surface area contributed by atoms with Crippen LogP contribution in [0, 0.1) is 0 Å². The lowest BCUT2D eigenvalue weighted by molar-refractivity contribution is -0.135. The molecule has 0 N–H and O–H groups in total. The second kappa shape index (κ2) is 5.85. The van der Waals surface area contributed by atoms with Gasteiger partial charge in [0, 0.05) is 36.5 Å². The van der Waals surface area contributed by atoms with Crippen LogP contribution in [0.1, 0.15) is 25.1 Å². The van der Waals surface area contributed by atoms with E-state index < -0.39 is 0 Å². The largest absolute Gasteiger partial charge is 0.340 e. The molecule has 0 aromatic carbocycles. The predicted octanol–water partition coefficient (Wildman–Crippen LogP) is 2.23. The molecule has 1 saturated heterocycles. The highest BCUT2D eigenvalue weighted by atomic mass is 32.1. The van der Waals surface area contributed by atoms with Crippen LogP contribution in [0.3, 0.4) is 0 Å². The molecule has 2 heterocycles. The average molecular weight is 266 g/mol. The number of carbonyl (C=O) groups excluding carboxylic acids is 1. The van der Waals surface area contributed by atoms with Crippen LogP contribution in [-0.2, 0) is 11.2 Å². The molecule has 0 saturated carbocycles. The van der Waals surface area contributed by atoms with E-state index in [0.717, 1.165) is 19.5 Å². The molecule has 4 heteroatoms. The van der Waals surface area contributed by atoms with Gasteiger partial charge < -0.3 is 4.90 Å². The molecule has 18 heavy (non-hydrogen) atoms. The Labute approximate surface area is 113 Å². The van der Waals surface area contributed by atoms with Crippen molar-refractivity contribution in [2.75, 3.05) is 20.1 Å². The zero-order valence-electron chi connectivity index (χ0n) is 11.4. The number of rotatable bonds is 3. The lowest BCUT2D eigenvalue weighted by Crippen LogP contribution is -2.56. The molecule has 1 aromatic rings. The highest BCUT2D eigenvalue weighted by Crippen LogP contribution is 2.16. The molecule has 0 radical (unpaired) electrons. The Bertz CT molecular complexity index is 379. The summed E-state index contributed by atoms with van der Waals surface area (Å²) >= 11 is 1.73. The summed E-state index contributed by atoms with van der Waals surface area (Å²) in [7, 11) is 2.14. The Morgan fingerprint density at radius 3 is 2.61 bits per heavy atom. The van der Waals surface area contributed by atoms with Crippen LogP contribution in [0.15, 0.2) is 17.5 Å². The van der Waals surface area contributed by atoms with E-state index in [1.165, 1.54) is 4.88 Å². The SMILES string of the molecule is CC1CN(C(=O)CCc2cccs2)CC(C)N1C. The van der Waals surface area contributed by atoms with Gasteiger partial charge in [-0.05, 0) is 38.8 Å². The minimum absolute atomic E-state index is 0.301. The Hall–Kier alpha value is -0.870. The second-order valence-electron chi connectivity index (χ2n) is 5.24. The van der Waals surface area contributed by atoms with E-state index in [1.807, 2.05) is 11.0 Å². The summed E-state index contributed by atoms with van der Waals surface area (Å²) in [6.07, 6.45) is 1.52. The maximum atomic E-state index is 12.2. The highest BCUT2D eigenvalue weighted by Gasteiger charge is 2.28. The van der Waals surface area contributed by atoms with Crippen LogP contribution in [0.25, 0.3) is 0 Å². The summed E-state index contributed by atoms with van der Waals surface area (Å²) in [5, 5.41) is 2.07. The standard InChI is InChI=1S/C14H22N2OS/c1-11-9-16(10-12(2)15(11)3)14(17)7-6-13-5-4-8-18-13/h4-5,8,11-12H,6-7,9-10H2,1-3H3. The van der Waals surface area contributed by atoms with Gasteiger partial charge in [0.25, 0.3) is 0 Å². The quantitative estimate of drug-likeness (QED) is 0.837. The molecule has 0 bridgehead atoms. The number of amides is 1. The number of thiophene rings is 1. The van der Waals surface area contributed by atoms with Crippen molar-refractivity contribution in [1.29, 1.82) is 0 Å². The summed E-state index contributed by atoms with van der Waals surface area (Å²) in [5.74, 6) is 0.301. The summed E-state index contributed by atoms with van der Waals surface area (Å²) in [6, 6.07) is 5.07. The number of piperazine rings is 1. The fourth-order valence-corrected chi connectivity index (χ4v) is 3.16. The van der Waals surface area contributed by atoms with Gasteiger partial charge in [-0.2, -0.15) is 0 Å². The van der Waals surface area contributed by atoms with Gasteiger partial charge in [-0.25, -0.2) is 0 Å².